The summed E-state index contributed by atoms with van der Waals surface area (Å²) in [6, 6.07) is 5.65. The number of anilines is 2. The Morgan fingerprint density at radius 1 is 1.27 bits per heavy atom. The molecule has 1 fully saturated rings. The van der Waals surface area contributed by atoms with Gasteiger partial charge in [-0.2, -0.15) is 5.10 Å². The summed E-state index contributed by atoms with van der Waals surface area (Å²) in [5.74, 6) is 1.64. The number of nitrogens with zero attached hydrogens (tertiary/aromatic N) is 3. The van der Waals surface area contributed by atoms with E-state index in [4.69, 9.17) is 9.84 Å². The number of carbonyl (C=O) groups excluding carboxylic acids is 1. The molecule has 2 N–H and O–H groups in total. The molecule has 0 aromatic carbocycles. The lowest BCUT2D eigenvalue weighted by molar-refractivity contribution is 0.112. The monoisotopic (exact) mass is 477 g/mol. The number of sulfone groups is 1. The molecule has 2 aromatic heterocycles. The molecule has 9 nitrogen and oxygen atoms in total. The van der Waals surface area contributed by atoms with Crippen LogP contribution in [0.25, 0.3) is 0 Å². The Labute approximate surface area is 196 Å². The van der Waals surface area contributed by atoms with Gasteiger partial charge in [0.2, 0.25) is 0 Å². The first kappa shape index (κ1) is 25.0. The molecule has 0 radical (unpaired) electrons. The van der Waals surface area contributed by atoms with E-state index in [-0.39, 0.29) is 35.4 Å². The van der Waals surface area contributed by atoms with Crippen molar-refractivity contribution in [2.75, 3.05) is 11.6 Å². The second-order valence-corrected chi connectivity index (χ2v) is 12.2. The predicted octanol–water partition coefficient (Wildman–Crippen LogP) is 4.09. The summed E-state index contributed by atoms with van der Waals surface area (Å²) < 4.78 is 30.2. The van der Waals surface area contributed by atoms with Crippen molar-refractivity contribution in [1.29, 1.82) is 0 Å². The molecule has 0 bridgehead atoms. The van der Waals surface area contributed by atoms with Gasteiger partial charge in [0.1, 0.15) is 11.6 Å². The lowest BCUT2D eigenvalue weighted by Crippen LogP contribution is -2.34. The third-order valence-corrected chi connectivity index (χ3v) is 6.25. The summed E-state index contributed by atoms with van der Waals surface area (Å²) in [4.78, 5) is 16.3. The number of hydrogen-bond acceptors (Lipinski definition) is 7. The van der Waals surface area contributed by atoms with Gasteiger partial charge in [-0.15, -0.1) is 0 Å². The topological polar surface area (TPSA) is 115 Å². The van der Waals surface area contributed by atoms with E-state index in [1.807, 2.05) is 24.6 Å². The van der Waals surface area contributed by atoms with Crippen molar-refractivity contribution in [1.82, 2.24) is 20.1 Å². The first-order chi connectivity index (χ1) is 15.3. The third kappa shape index (κ3) is 7.18. The van der Waals surface area contributed by atoms with Crippen molar-refractivity contribution in [2.45, 2.75) is 83.2 Å². The van der Waals surface area contributed by atoms with Crippen LogP contribution in [0.1, 0.15) is 71.1 Å². The van der Waals surface area contributed by atoms with Gasteiger partial charge in [0.05, 0.1) is 23.1 Å². The van der Waals surface area contributed by atoms with E-state index in [2.05, 4.69) is 36.4 Å². The van der Waals surface area contributed by atoms with Gasteiger partial charge in [0, 0.05) is 30.5 Å². The molecule has 10 heteroatoms. The molecule has 0 spiro atoms. The fraction of sp³-hybridized carbons (Fsp3) is 0.609. The Hall–Kier alpha value is -2.62. The van der Waals surface area contributed by atoms with Gasteiger partial charge in [-0.1, -0.05) is 6.07 Å². The molecule has 2 atom stereocenters. The molecule has 2 aromatic rings. The van der Waals surface area contributed by atoms with Crippen LogP contribution in [0.4, 0.5) is 16.4 Å². The number of pyridine rings is 1. The standard InChI is InChI=1S/C23H35N5O4S/c1-15(2)32-22(29)25-18-9-8-17(11-18)19-12-21(28(27-19)23(3,4)5)26-20-10-7-16(13-24-20)14-33(6,30)31/h7,10,12-13,15,17-18H,8-9,11,14H2,1-6H3,(H,24,26)(H,25,29)/t17-,18+/m0/s1. The van der Waals surface area contributed by atoms with Crippen LogP contribution in [0.5, 0.6) is 0 Å². The number of amides is 1. The minimum absolute atomic E-state index is 0.0358. The van der Waals surface area contributed by atoms with Crippen LogP contribution in [0.2, 0.25) is 0 Å². The lowest BCUT2D eigenvalue weighted by atomic mass is 10.0. The Balaban J connectivity index is 1.73. The number of nitrogens with one attached hydrogen (secondary N) is 2. The molecule has 1 aliphatic rings. The molecule has 182 valence electrons. The molecule has 0 aliphatic heterocycles. The van der Waals surface area contributed by atoms with E-state index in [0.717, 1.165) is 30.8 Å². The van der Waals surface area contributed by atoms with E-state index in [1.165, 1.54) is 6.26 Å². The van der Waals surface area contributed by atoms with Gasteiger partial charge in [0.25, 0.3) is 0 Å². The summed E-state index contributed by atoms with van der Waals surface area (Å²) in [5.41, 5.74) is 1.37. The van der Waals surface area contributed by atoms with Crippen LogP contribution in [-0.4, -0.2) is 47.7 Å². The van der Waals surface area contributed by atoms with Crippen molar-refractivity contribution in [3.05, 3.63) is 35.7 Å². The van der Waals surface area contributed by atoms with Gasteiger partial charge in [0.15, 0.2) is 9.84 Å². The smallest absolute Gasteiger partial charge is 0.407 e. The second-order valence-electron chi connectivity index (χ2n) is 10.1. The fourth-order valence-corrected chi connectivity index (χ4v) is 4.79. The van der Waals surface area contributed by atoms with Gasteiger partial charge in [-0.05, 0) is 65.5 Å². The summed E-state index contributed by atoms with van der Waals surface area (Å²) in [5, 5.41) is 11.2. The Morgan fingerprint density at radius 2 is 2.00 bits per heavy atom. The normalized spacial score (nSPS) is 19.0. The summed E-state index contributed by atoms with van der Waals surface area (Å²) in [6.45, 7) is 9.91. The molecule has 1 amide bonds. The maximum atomic E-state index is 11.9. The zero-order valence-corrected chi connectivity index (χ0v) is 21.1. The van der Waals surface area contributed by atoms with Crippen LogP contribution >= 0.6 is 0 Å². The van der Waals surface area contributed by atoms with Crippen molar-refractivity contribution < 1.29 is 17.9 Å². The number of alkyl carbamates (subject to hydrolysis) is 1. The molecule has 0 saturated heterocycles. The minimum Gasteiger partial charge on any atom is -0.447 e. The second kappa shape index (κ2) is 9.70. The quantitative estimate of drug-likeness (QED) is 0.617. The van der Waals surface area contributed by atoms with Crippen LogP contribution in [0.15, 0.2) is 24.4 Å². The highest BCUT2D eigenvalue weighted by Crippen LogP contribution is 2.36. The van der Waals surface area contributed by atoms with E-state index >= 15 is 0 Å². The van der Waals surface area contributed by atoms with Crippen molar-refractivity contribution in [3.8, 4) is 0 Å². The highest BCUT2D eigenvalue weighted by Gasteiger charge is 2.31. The number of ether oxygens (including phenoxy) is 1. The number of rotatable bonds is 7. The van der Waals surface area contributed by atoms with Gasteiger partial charge in [-0.25, -0.2) is 22.9 Å². The van der Waals surface area contributed by atoms with E-state index in [1.54, 1.807) is 18.3 Å². The van der Waals surface area contributed by atoms with Gasteiger partial charge in [-0.3, -0.25) is 0 Å². The highest BCUT2D eigenvalue weighted by atomic mass is 32.2. The van der Waals surface area contributed by atoms with Crippen molar-refractivity contribution in [3.63, 3.8) is 0 Å². The SMILES string of the molecule is CC(C)OC(=O)N[C@@H]1CC[C@H](c2cc(Nc3ccc(CS(C)(=O)=O)cn3)n(C(C)(C)C)n2)C1. The summed E-state index contributed by atoms with van der Waals surface area (Å²) >= 11 is 0. The molecule has 2 heterocycles. The largest absolute Gasteiger partial charge is 0.447 e. The zero-order chi connectivity index (χ0) is 24.4. The maximum absolute atomic E-state index is 11.9. The van der Waals surface area contributed by atoms with Crippen LogP contribution < -0.4 is 10.6 Å². The van der Waals surface area contributed by atoms with E-state index < -0.39 is 9.84 Å². The predicted molar refractivity (Wildman–Crippen MR) is 128 cm³/mol. The summed E-state index contributed by atoms with van der Waals surface area (Å²) in [6.07, 6.45) is 4.89. The van der Waals surface area contributed by atoms with E-state index in [9.17, 15) is 13.2 Å². The molecular formula is C23H35N5O4S. The maximum Gasteiger partial charge on any atom is 0.407 e. The average Bonchev–Trinajstić information content (AvgIpc) is 3.28. The first-order valence-corrected chi connectivity index (χ1v) is 13.3. The number of carbonyl (C=O) groups is 1. The molecular weight excluding hydrogens is 442 g/mol. The fourth-order valence-electron chi connectivity index (χ4n) is 4.01. The van der Waals surface area contributed by atoms with Crippen LogP contribution in [0, 0.1) is 0 Å². The Bertz CT molecular complexity index is 1070. The van der Waals surface area contributed by atoms with Crippen molar-refractivity contribution >= 4 is 27.6 Å². The first-order valence-electron chi connectivity index (χ1n) is 11.3. The van der Waals surface area contributed by atoms with Crippen LogP contribution in [0.3, 0.4) is 0 Å². The van der Waals surface area contributed by atoms with Crippen LogP contribution in [-0.2, 0) is 25.9 Å². The molecule has 1 saturated carbocycles. The highest BCUT2D eigenvalue weighted by molar-refractivity contribution is 7.89. The molecule has 0 unspecified atom stereocenters. The minimum atomic E-state index is -3.11. The molecule has 3 rings (SSSR count). The third-order valence-electron chi connectivity index (χ3n) is 5.39. The Morgan fingerprint density at radius 3 is 2.58 bits per heavy atom. The summed E-state index contributed by atoms with van der Waals surface area (Å²) in [7, 11) is -3.11. The van der Waals surface area contributed by atoms with Gasteiger partial charge >= 0.3 is 6.09 Å². The van der Waals surface area contributed by atoms with Gasteiger partial charge < -0.3 is 15.4 Å². The van der Waals surface area contributed by atoms with E-state index in [0.29, 0.717) is 11.4 Å². The zero-order valence-electron chi connectivity index (χ0n) is 20.3. The number of aromatic nitrogens is 3. The number of hydrogen-bond donors (Lipinski definition) is 2. The average molecular weight is 478 g/mol. The lowest BCUT2D eigenvalue weighted by Gasteiger charge is -2.22. The molecule has 33 heavy (non-hydrogen) atoms. The Kier molecular flexibility index (Phi) is 7.36. The van der Waals surface area contributed by atoms with Crippen molar-refractivity contribution in [2.24, 2.45) is 0 Å². The molecule has 1 aliphatic carbocycles.